The van der Waals surface area contributed by atoms with Gasteiger partial charge in [0, 0.05) is 0 Å². The van der Waals surface area contributed by atoms with Crippen LogP contribution in [0.5, 0.6) is 0 Å². The molecule has 0 saturated heterocycles. The van der Waals surface area contributed by atoms with Gasteiger partial charge in [0.25, 0.3) is 0 Å². The SMILES string of the molecule is [2H]P(N)C(SP)C(=O)O. The molecule has 3 atom stereocenters. The van der Waals surface area contributed by atoms with E-state index in [1.54, 1.807) is 0 Å². The molecule has 0 aliphatic heterocycles. The number of aliphatic carboxylic acids is 1. The zero-order valence-electron chi connectivity index (χ0n) is 4.94. The molecule has 3 unspecified atom stereocenters. The van der Waals surface area contributed by atoms with Gasteiger partial charge in [-0.1, -0.05) is 8.44 Å². The fraction of sp³-hybridized carbons (Fsp3) is 0.500. The number of hydrogen-bond acceptors (Lipinski definition) is 3. The zero-order valence-corrected chi connectivity index (χ0v) is 6.81. The molecule has 0 aromatic carbocycles. The lowest BCUT2D eigenvalue weighted by molar-refractivity contribution is -0.134. The third-order valence-electron chi connectivity index (χ3n) is 0.476. The first kappa shape index (κ1) is 6.76. The van der Waals surface area contributed by atoms with Gasteiger partial charge in [0.05, 0.1) is 1.28 Å². The molecule has 0 spiro atoms. The minimum absolute atomic E-state index is 0.773. The van der Waals surface area contributed by atoms with Crippen LogP contribution in [0.4, 0.5) is 0 Å². The van der Waals surface area contributed by atoms with E-state index >= 15 is 0 Å². The van der Waals surface area contributed by atoms with Crippen molar-refractivity contribution in [3.63, 3.8) is 0 Å². The van der Waals surface area contributed by atoms with Crippen LogP contribution in [0.1, 0.15) is 0 Å². The van der Waals surface area contributed by atoms with Crippen molar-refractivity contribution in [1.82, 2.24) is 0 Å². The van der Waals surface area contributed by atoms with E-state index in [0.29, 0.717) is 0 Å². The highest BCUT2D eigenvalue weighted by molar-refractivity contribution is 8.46. The molecule has 0 radical (unpaired) electrons. The molecule has 0 aliphatic carbocycles. The van der Waals surface area contributed by atoms with Gasteiger partial charge >= 0.3 is 5.97 Å². The molecule has 0 heterocycles. The van der Waals surface area contributed by atoms with Gasteiger partial charge in [0.1, 0.15) is 4.99 Å². The Morgan fingerprint density at radius 1 is 2.25 bits per heavy atom. The molecule has 48 valence electrons. The van der Waals surface area contributed by atoms with Gasteiger partial charge in [0.2, 0.25) is 0 Å². The van der Waals surface area contributed by atoms with Crippen LogP contribution in [0.25, 0.3) is 0 Å². The van der Waals surface area contributed by atoms with Crippen LogP contribution in [0, 0.1) is 0 Å². The molecular weight excluding hydrogens is 164 g/mol. The number of hydrogen-bond donors (Lipinski definition) is 2. The molecule has 0 rings (SSSR count). The Kier molecular flexibility index (Phi) is 3.81. The predicted octanol–water partition coefficient (Wildman–Crippen LogP) is 0.473. The minimum atomic E-state index is -1.61. The molecule has 3 nitrogen and oxygen atoms in total. The number of carbonyl (C=O) groups is 1. The predicted molar refractivity (Wildman–Crippen MR) is 41.2 cm³/mol. The van der Waals surface area contributed by atoms with Crippen LogP contribution in [-0.4, -0.2) is 17.3 Å². The average Bonchev–Trinajstić information content (AvgIpc) is 1.64. The Balaban J connectivity index is 3.83. The van der Waals surface area contributed by atoms with E-state index in [4.69, 9.17) is 11.9 Å². The monoisotopic (exact) mass is 172 g/mol. The van der Waals surface area contributed by atoms with Gasteiger partial charge in [-0.05, 0) is 8.68 Å². The average molecular weight is 172 g/mol. The van der Waals surface area contributed by atoms with Gasteiger partial charge in [-0.25, -0.2) is 0 Å². The molecular formula is C2H7NO2P2S. The van der Waals surface area contributed by atoms with Crippen LogP contribution in [-0.2, 0) is 4.79 Å². The highest BCUT2D eigenvalue weighted by Gasteiger charge is 2.12. The Morgan fingerprint density at radius 2 is 2.75 bits per heavy atom. The van der Waals surface area contributed by atoms with Crippen molar-refractivity contribution < 1.29 is 9.90 Å². The van der Waals surface area contributed by atoms with Gasteiger partial charge in [-0.2, -0.15) is 0 Å². The van der Waals surface area contributed by atoms with Crippen LogP contribution >= 0.6 is 28.5 Å². The van der Waals surface area contributed by atoms with Crippen molar-refractivity contribution in [2.24, 2.45) is 5.50 Å². The molecule has 6 heteroatoms. The van der Waals surface area contributed by atoms with Crippen LogP contribution < -0.4 is 5.50 Å². The Morgan fingerprint density at radius 3 is 2.75 bits per heavy atom. The third-order valence-corrected chi connectivity index (χ3v) is 3.66. The first-order valence-corrected chi connectivity index (χ1v) is 5.09. The van der Waals surface area contributed by atoms with Crippen molar-refractivity contribution >= 4 is 34.5 Å². The smallest absolute Gasteiger partial charge is 0.322 e. The molecule has 0 aliphatic rings. The van der Waals surface area contributed by atoms with E-state index in [2.05, 4.69) is 8.44 Å². The highest BCUT2D eigenvalue weighted by Crippen LogP contribution is 2.28. The maximum Gasteiger partial charge on any atom is 0.322 e. The summed E-state index contributed by atoms with van der Waals surface area (Å²) in [5.74, 6) is -1.02. The van der Waals surface area contributed by atoms with Crippen molar-refractivity contribution in [2.75, 3.05) is 0 Å². The topological polar surface area (TPSA) is 63.3 Å². The number of rotatable bonds is 3. The summed E-state index contributed by atoms with van der Waals surface area (Å²) in [5.41, 5.74) is 5.06. The second-order valence-corrected chi connectivity index (χ2v) is 3.70. The van der Waals surface area contributed by atoms with E-state index < -0.39 is 19.6 Å². The molecule has 0 bridgehead atoms. The largest absolute Gasteiger partial charge is 0.480 e. The zero-order chi connectivity index (χ0) is 7.44. The summed E-state index contributed by atoms with van der Waals surface area (Å²) in [6.07, 6.45) is 0. The summed E-state index contributed by atoms with van der Waals surface area (Å²) in [6, 6.07) is 0. The fourth-order valence-electron chi connectivity index (χ4n) is 0.157. The molecule has 8 heavy (non-hydrogen) atoms. The van der Waals surface area contributed by atoms with Crippen molar-refractivity contribution in [2.45, 2.75) is 4.99 Å². The van der Waals surface area contributed by atoms with E-state index in [1.165, 1.54) is 0 Å². The molecule has 0 amide bonds. The maximum atomic E-state index is 10.2. The second kappa shape index (κ2) is 4.51. The summed E-state index contributed by atoms with van der Waals surface area (Å²) in [5, 5.41) is 8.33. The van der Waals surface area contributed by atoms with Crippen molar-refractivity contribution in [3.8, 4) is 0 Å². The van der Waals surface area contributed by atoms with Gasteiger partial charge in [0.15, 0.2) is 0 Å². The summed E-state index contributed by atoms with van der Waals surface area (Å²) < 4.78 is 6.89. The normalized spacial score (nSPS) is 19.0. The Hall–Kier alpha value is 0.640. The lowest BCUT2D eigenvalue weighted by Gasteiger charge is -2.02. The summed E-state index contributed by atoms with van der Waals surface area (Å²) in [4.78, 5) is 9.38. The van der Waals surface area contributed by atoms with Gasteiger partial charge in [-0.3, -0.25) is 4.79 Å². The molecule has 0 aromatic heterocycles. The van der Waals surface area contributed by atoms with E-state index in [9.17, 15) is 4.79 Å². The number of carboxylic acid groups (broad SMARTS) is 1. The van der Waals surface area contributed by atoms with Crippen LogP contribution in [0.15, 0.2) is 0 Å². The lowest BCUT2D eigenvalue weighted by atomic mass is 10.8. The quantitative estimate of drug-likeness (QED) is 0.607. The number of nitrogens with two attached hydrogens (primary N) is 1. The number of carboxylic acids is 1. The lowest BCUT2D eigenvalue weighted by Crippen LogP contribution is -2.10. The fourth-order valence-corrected chi connectivity index (χ4v) is 1.66. The highest BCUT2D eigenvalue weighted by atomic mass is 32.7. The van der Waals surface area contributed by atoms with Crippen LogP contribution in [0.2, 0.25) is 0 Å². The summed E-state index contributed by atoms with van der Waals surface area (Å²) in [7, 11) is 0.572. The van der Waals surface area contributed by atoms with Crippen LogP contribution in [0.3, 0.4) is 0 Å². The summed E-state index contributed by atoms with van der Waals surface area (Å²) in [6.45, 7) is 0. The molecule has 0 saturated carbocycles. The first-order chi connectivity index (χ1) is 4.09. The Labute approximate surface area is 56.9 Å². The molecule has 0 fully saturated rings. The summed E-state index contributed by atoms with van der Waals surface area (Å²) >= 11 is 1.02. The van der Waals surface area contributed by atoms with E-state index in [1.807, 2.05) is 0 Å². The third kappa shape index (κ3) is 2.83. The van der Waals surface area contributed by atoms with Crippen molar-refractivity contribution in [1.29, 1.82) is 1.28 Å². The van der Waals surface area contributed by atoms with Crippen molar-refractivity contribution in [3.05, 3.63) is 0 Å². The first-order valence-electron chi connectivity index (χ1n) is 2.15. The van der Waals surface area contributed by atoms with E-state index in [-0.39, 0.29) is 0 Å². The standard InChI is InChI=1S/C2H7NO2P2S/c3-7-2(8-6)1(4)5/h2,7H,3,6H2,(H,4,5)/i7D. The van der Waals surface area contributed by atoms with Gasteiger partial charge in [-0.15, -0.1) is 11.4 Å². The molecule has 0 aromatic rings. The molecule has 3 N–H and O–H groups in total. The maximum absolute atomic E-state index is 10.2. The minimum Gasteiger partial charge on any atom is -0.480 e. The van der Waals surface area contributed by atoms with E-state index in [0.717, 1.165) is 11.4 Å². The Bertz CT molecular complexity index is 113. The van der Waals surface area contributed by atoms with Gasteiger partial charge < -0.3 is 10.6 Å². The second-order valence-electron chi connectivity index (χ2n) is 0.976.